The van der Waals surface area contributed by atoms with Crippen LogP contribution < -0.4 is 0 Å². The first-order valence-electron chi connectivity index (χ1n) is 7.79. The first-order chi connectivity index (χ1) is 9.57. The van der Waals surface area contributed by atoms with Crippen molar-refractivity contribution in [2.75, 3.05) is 13.1 Å². The van der Waals surface area contributed by atoms with Crippen LogP contribution >= 0.6 is 0 Å². The van der Waals surface area contributed by atoms with Crippen molar-refractivity contribution in [2.45, 2.75) is 74.5 Å². The second-order valence-corrected chi connectivity index (χ2v) is 12.4. The molecule has 1 aliphatic carbocycles. The maximum absolute atomic E-state index is 12.6. The van der Waals surface area contributed by atoms with E-state index >= 15 is 0 Å². The van der Waals surface area contributed by atoms with E-state index in [1.165, 1.54) is 4.31 Å². The molecule has 1 atom stereocenters. The summed E-state index contributed by atoms with van der Waals surface area (Å²) >= 11 is 0. The lowest BCUT2D eigenvalue weighted by molar-refractivity contribution is 0.428. The molecular formula is C14H27NO4S2. The average Bonchev–Trinajstić information content (AvgIpc) is 2.89. The third kappa shape index (κ3) is 3.29. The number of rotatable bonds is 3. The minimum atomic E-state index is -3.33. The van der Waals surface area contributed by atoms with Gasteiger partial charge in [0.2, 0.25) is 10.0 Å². The van der Waals surface area contributed by atoms with Gasteiger partial charge in [-0.15, -0.1) is 0 Å². The zero-order chi connectivity index (χ0) is 15.9. The lowest BCUT2D eigenvalue weighted by Crippen LogP contribution is -2.42. The van der Waals surface area contributed by atoms with Crippen LogP contribution in [-0.2, 0) is 19.9 Å². The first kappa shape index (κ1) is 17.2. The van der Waals surface area contributed by atoms with E-state index in [1.54, 1.807) is 20.8 Å². The molecular weight excluding hydrogens is 310 g/mol. The predicted molar refractivity (Wildman–Crippen MR) is 84.4 cm³/mol. The Morgan fingerprint density at radius 3 is 1.95 bits per heavy atom. The van der Waals surface area contributed by atoms with Crippen molar-refractivity contribution in [2.24, 2.45) is 0 Å². The highest BCUT2D eigenvalue weighted by Gasteiger charge is 2.45. The molecule has 0 N–H and O–H groups in total. The molecule has 1 saturated heterocycles. The molecule has 0 unspecified atom stereocenters. The van der Waals surface area contributed by atoms with E-state index in [9.17, 15) is 16.8 Å². The first-order valence-corrected chi connectivity index (χ1v) is 10.8. The van der Waals surface area contributed by atoms with Crippen LogP contribution in [0.3, 0.4) is 0 Å². The molecule has 1 saturated carbocycles. The van der Waals surface area contributed by atoms with E-state index in [0.29, 0.717) is 13.0 Å². The molecule has 1 heterocycles. The Balaban J connectivity index is 2.12. The summed E-state index contributed by atoms with van der Waals surface area (Å²) in [4.78, 5) is 0. The van der Waals surface area contributed by atoms with Crippen LogP contribution in [0.4, 0.5) is 0 Å². The SMILES string of the molecule is CC(C)(C)S(=O)(=O)[C@H]1CCN(S(=O)(=O)C2CCCCC2)C1. The van der Waals surface area contributed by atoms with Crippen LogP contribution in [0.25, 0.3) is 0 Å². The molecule has 0 aromatic carbocycles. The molecule has 0 bridgehead atoms. The van der Waals surface area contributed by atoms with Gasteiger partial charge in [-0.1, -0.05) is 19.3 Å². The van der Waals surface area contributed by atoms with Gasteiger partial charge in [0.15, 0.2) is 9.84 Å². The summed E-state index contributed by atoms with van der Waals surface area (Å²) in [6, 6.07) is 0. The van der Waals surface area contributed by atoms with Gasteiger partial charge in [-0.25, -0.2) is 21.1 Å². The molecule has 5 nitrogen and oxygen atoms in total. The van der Waals surface area contributed by atoms with Gasteiger partial charge in [0.1, 0.15) is 0 Å². The summed E-state index contributed by atoms with van der Waals surface area (Å²) < 4.78 is 50.8. The maximum Gasteiger partial charge on any atom is 0.217 e. The zero-order valence-corrected chi connectivity index (χ0v) is 14.8. The van der Waals surface area contributed by atoms with Gasteiger partial charge >= 0.3 is 0 Å². The van der Waals surface area contributed by atoms with Gasteiger partial charge in [-0.05, 0) is 40.0 Å². The predicted octanol–water partition coefficient (Wildman–Crippen LogP) is 1.94. The summed E-state index contributed by atoms with van der Waals surface area (Å²) in [5, 5.41) is -0.863. The number of sulfonamides is 1. The molecule has 2 aliphatic rings. The Hall–Kier alpha value is -0.140. The van der Waals surface area contributed by atoms with Crippen molar-refractivity contribution >= 4 is 19.9 Å². The van der Waals surface area contributed by atoms with E-state index in [1.807, 2.05) is 0 Å². The highest BCUT2D eigenvalue weighted by atomic mass is 32.2. The van der Waals surface area contributed by atoms with Gasteiger partial charge in [0.05, 0.1) is 15.2 Å². The maximum atomic E-state index is 12.6. The van der Waals surface area contributed by atoms with Crippen LogP contribution in [0.2, 0.25) is 0 Å². The Morgan fingerprint density at radius 2 is 1.43 bits per heavy atom. The van der Waals surface area contributed by atoms with E-state index in [0.717, 1.165) is 32.1 Å². The topological polar surface area (TPSA) is 71.5 Å². The summed E-state index contributed by atoms with van der Waals surface area (Å²) in [7, 11) is -6.64. The number of hydrogen-bond donors (Lipinski definition) is 0. The minimum Gasteiger partial charge on any atom is -0.228 e. The number of nitrogens with zero attached hydrogens (tertiary/aromatic N) is 1. The number of sulfone groups is 1. The monoisotopic (exact) mass is 337 g/mol. The summed E-state index contributed by atoms with van der Waals surface area (Å²) in [6.45, 7) is 5.53. The quantitative estimate of drug-likeness (QED) is 0.789. The van der Waals surface area contributed by atoms with Gasteiger partial charge in [0, 0.05) is 13.1 Å². The van der Waals surface area contributed by atoms with Gasteiger partial charge < -0.3 is 0 Å². The third-order valence-corrected chi connectivity index (χ3v) is 10.1. The highest BCUT2D eigenvalue weighted by Crippen LogP contribution is 2.32. The van der Waals surface area contributed by atoms with Crippen molar-refractivity contribution in [3.8, 4) is 0 Å². The molecule has 2 fully saturated rings. The summed E-state index contributed by atoms with van der Waals surface area (Å²) in [6.07, 6.45) is 4.88. The van der Waals surface area contributed by atoms with Crippen molar-refractivity contribution in [3.05, 3.63) is 0 Å². The second-order valence-electron chi connectivity index (χ2n) is 7.23. The van der Waals surface area contributed by atoms with Crippen LogP contribution in [0.1, 0.15) is 59.3 Å². The molecule has 0 spiro atoms. The lowest BCUT2D eigenvalue weighted by Gasteiger charge is -2.28. The highest BCUT2D eigenvalue weighted by molar-refractivity contribution is 7.93. The van der Waals surface area contributed by atoms with Crippen molar-refractivity contribution in [3.63, 3.8) is 0 Å². The van der Waals surface area contributed by atoms with Gasteiger partial charge in [-0.3, -0.25) is 0 Å². The van der Waals surface area contributed by atoms with Crippen LogP contribution in [0.15, 0.2) is 0 Å². The molecule has 2 rings (SSSR count). The molecule has 0 radical (unpaired) electrons. The average molecular weight is 338 g/mol. The molecule has 1 aliphatic heterocycles. The molecule has 7 heteroatoms. The van der Waals surface area contributed by atoms with Crippen molar-refractivity contribution in [1.29, 1.82) is 0 Å². The molecule has 0 aromatic heterocycles. The van der Waals surface area contributed by atoms with E-state index in [-0.39, 0.29) is 11.8 Å². The lowest BCUT2D eigenvalue weighted by atomic mass is 10.0. The van der Waals surface area contributed by atoms with Gasteiger partial charge in [0.25, 0.3) is 0 Å². The third-order valence-electron chi connectivity index (χ3n) is 4.73. The largest absolute Gasteiger partial charge is 0.228 e. The normalized spacial score (nSPS) is 27.1. The fourth-order valence-corrected chi connectivity index (χ4v) is 7.24. The zero-order valence-electron chi connectivity index (χ0n) is 13.2. The smallest absolute Gasteiger partial charge is 0.217 e. The summed E-state index contributed by atoms with van der Waals surface area (Å²) in [5.74, 6) is 0. The Bertz CT molecular complexity index is 569. The van der Waals surface area contributed by atoms with Crippen molar-refractivity contribution < 1.29 is 16.8 Å². The molecule has 0 amide bonds. The van der Waals surface area contributed by atoms with Crippen LogP contribution in [0.5, 0.6) is 0 Å². The molecule has 124 valence electrons. The Kier molecular flexibility index (Phi) is 4.77. The Morgan fingerprint density at radius 1 is 0.857 bits per heavy atom. The second kappa shape index (κ2) is 5.81. The fourth-order valence-electron chi connectivity index (χ4n) is 3.26. The summed E-state index contributed by atoms with van der Waals surface area (Å²) in [5.41, 5.74) is 0. The molecule has 0 aromatic rings. The van der Waals surface area contributed by atoms with E-state index in [2.05, 4.69) is 0 Å². The van der Waals surface area contributed by atoms with Gasteiger partial charge in [-0.2, -0.15) is 0 Å². The van der Waals surface area contributed by atoms with Crippen LogP contribution in [-0.4, -0.2) is 49.5 Å². The van der Waals surface area contributed by atoms with E-state index in [4.69, 9.17) is 0 Å². The van der Waals surface area contributed by atoms with E-state index < -0.39 is 29.9 Å². The molecule has 21 heavy (non-hydrogen) atoms. The fraction of sp³-hybridized carbons (Fsp3) is 1.00. The van der Waals surface area contributed by atoms with Crippen molar-refractivity contribution in [1.82, 2.24) is 4.31 Å². The number of hydrogen-bond acceptors (Lipinski definition) is 4. The standard InChI is InChI=1S/C14H27NO4S2/c1-14(2,3)20(16,17)13-9-10-15(11-13)21(18,19)12-7-5-4-6-8-12/h12-13H,4-11H2,1-3H3/t13-/m0/s1. The Labute approximate surface area is 129 Å². The van der Waals surface area contributed by atoms with Crippen LogP contribution in [0, 0.1) is 0 Å². The minimum absolute atomic E-state index is 0.137.